The van der Waals surface area contributed by atoms with Crippen LogP contribution in [0.15, 0.2) is 33.1 Å². The van der Waals surface area contributed by atoms with Crippen molar-refractivity contribution in [3.8, 4) is 0 Å². The van der Waals surface area contributed by atoms with Gasteiger partial charge in [-0.05, 0) is 25.1 Å². The number of carbonyl (C=O) groups excluding carboxylic acids is 1. The first-order chi connectivity index (χ1) is 9.58. The van der Waals surface area contributed by atoms with Crippen LogP contribution in [0.4, 0.5) is 10.8 Å². The van der Waals surface area contributed by atoms with Crippen LogP contribution in [0.25, 0.3) is 0 Å². The number of aromatic nitrogens is 2. The fraction of sp³-hybridized carbons (Fsp3) is 0.250. The Hall–Kier alpha value is -1.12. The zero-order valence-corrected chi connectivity index (χ0v) is 14.1. The number of carbonyl (C=O) groups is 1. The maximum absolute atomic E-state index is 11.5. The Morgan fingerprint density at radius 1 is 1.45 bits per heavy atom. The van der Waals surface area contributed by atoms with Crippen molar-refractivity contribution in [2.75, 3.05) is 12.4 Å². The van der Waals surface area contributed by atoms with Gasteiger partial charge in [-0.1, -0.05) is 45.1 Å². The quantitative estimate of drug-likeness (QED) is 0.788. The van der Waals surface area contributed by atoms with Crippen LogP contribution in [0.1, 0.15) is 6.92 Å². The Morgan fingerprint density at radius 2 is 2.25 bits per heavy atom. The van der Waals surface area contributed by atoms with Gasteiger partial charge in [0.1, 0.15) is 0 Å². The summed E-state index contributed by atoms with van der Waals surface area (Å²) in [4.78, 5) is 11.5. The summed E-state index contributed by atoms with van der Waals surface area (Å²) < 4.78 is 1.76. The number of nitrogens with one attached hydrogen (secondary N) is 2. The first kappa shape index (κ1) is 15.3. The maximum Gasteiger partial charge on any atom is 0.233 e. The highest BCUT2D eigenvalue weighted by atomic mass is 79.9. The van der Waals surface area contributed by atoms with E-state index in [0.29, 0.717) is 5.13 Å². The minimum absolute atomic E-state index is 0.0216. The van der Waals surface area contributed by atoms with Gasteiger partial charge in [-0.2, -0.15) is 0 Å². The average molecular weight is 373 g/mol. The topological polar surface area (TPSA) is 66.9 Å². The number of halogens is 1. The Kier molecular flexibility index (Phi) is 5.38. The predicted molar refractivity (Wildman–Crippen MR) is 86.7 cm³/mol. The lowest BCUT2D eigenvalue weighted by Crippen LogP contribution is -2.27. The van der Waals surface area contributed by atoms with Gasteiger partial charge in [0, 0.05) is 17.2 Å². The number of anilines is 2. The van der Waals surface area contributed by atoms with Crippen LogP contribution in [0.5, 0.6) is 0 Å². The molecule has 1 heterocycles. The number of hydrogen-bond donors (Lipinski definition) is 2. The van der Waals surface area contributed by atoms with Crippen LogP contribution in [-0.4, -0.2) is 28.4 Å². The highest BCUT2D eigenvalue weighted by Crippen LogP contribution is 2.30. The molecular formula is C12H13BrN4OS2. The zero-order chi connectivity index (χ0) is 14.5. The normalized spacial score (nSPS) is 11.9. The molecule has 1 aromatic heterocycles. The Morgan fingerprint density at radius 3 is 2.95 bits per heavy atom. The summed E-state index contributed by atoms with van der Waals surface area (Å²) in [5.74, 6) is -0.0216. The van der Waals surface area contributed by atoms with E-state index < -0.39 is 0 Å². The van der Waals surface area contributed by atoms with E-state index >= 15 is 0 Å². The van der Waals surface area contributed by atoms with Crippen molar-refractivity contribution in [3.05, 3.63) is 28.7 Å². The first-order valence-corrected chi connectivity index (χ1v) is 8.31. The molecule has 0 spiro atoms. The predicted octanol–water partition coefficient (Wildman–Crippen LogP) is 3.27. The Balaban J connectivity index is 2.00. The van der Waals surface area contributed by atoms with Crippen molar-refractivity contribution < 1.29 is 4.79 Å². The smallest absolute Gasteiger partial charge is 0.233 e. The number of hydrogen-bond acceptors (Lipinski definition) is 6. The molecule has 1 unspecified atom stereocenters. The van der Waals surface area contributed by atoms with Gasteiger partial charge < -0.3 is 10.6 Å². The van der Waals surface area contributed by atoms with E-state index in [4.69, 9.17) is 0 Å². The van der Waals surface area contributed by atoms with Crippen molar-refractivity contribution in [2.24, 2.45) is 0 Å². The van der Waals surface area contributed by atoms with Crippen LogP contribution in [0, 0.1) is 0 Å². The zero-order valence-electron chi connectivity index (χ0n) is 10.9. The molecule has 0 bridgehead atoms. The van der Waals surface area contributed by atoms with E-state index in [9.17, 15) is 4.79 Å². The average Bonchev–Trinajstić information content (AvgIpc) is 2.85. The summed E-state index contributed by atoms with van der Waals surface area (Å²) in [5, 5.41) is 14.4. The molecule has 0 saturated heterocycles. The standard InChI is InChI=1S/C12H13BrN4OS2/c1-7(10(18)14-2)19-12-17-16-11(20-12)15-9-5-3-4-8(13)6-9/h3-7H,1-2H3,(H,14,18)(H,15,16). The largest absolute Gasteiger partial charge is 0.358 e. The SMILES string of the molecule is CNC(=O)C(C)Sc1nnc(Nc2cccc(Br)c2)s1. The fourth-order valence-electron chi connectivity index (χ4n) is 1.41. The Labute approximate surface area is 133 Å². The molecular weight excluding hydrogens is 360 g/mol. The molecule has 0 saturated carbocycles. The van der Waals surface area contributed by atoms with Crippen molar-refractivity contribution in [1.82, 2.24) is 15.5 Å². The molecule has 0 aliphatic heterocycles. The molecule has 1 amide bonds. The summed E-state index contributed by atoms with van der Waals surface area (Å²) in [6.45, 7) is 1.84. The lowest BCUT2D eigenvalue weighted by atomic mass is 10.3. The summed E-state index contributed by atoms with van der Waals surface area (Å²) in [6, 6.07) is 7.81. The minimum Gasteiger partial charge on any atom is -0.358 e. The maximum atomic E-state index is 11.5. The number of nitrogens with zero attached hydrogens (tertiary/aromatic N) is 2. The van der Waals surface area contributed by atoms with Gasteiger partial charge in [-0.15, -0.1) is 10.2 Å². The highest BCUT2D eigenvalue weighted by Gasteiger charge is 2.15. The molecule has 1 aromatic carbocycles. The number of benzene rings is 1. The molecule has 0 aliphatic carbocycles. The van der Waals surface area contributed by atoms with E-state index in [1.165, 1.54) is 23.1 Å². The van der Waals surface area contributed by atoms with Crippen LogP contribution in [0.3, 0.4) is 0 Å². The van der Waals surface area contributed by atoms with Crippen LogP contribution in [-0.2, 0) is 4.79 Å². The van der Waals surface area contributed by atoms with E-state index in [1.54, 1.807) is 7.05 Å². The molecule has 20 heavy (non-hydrogen) atoms. The lowest BCUT2D eigenvalue weighted by Gasteiger charge is -2.05. The molecule has 5 nitrogen and oxygen atoms in total. The fourth-order valence-corrected chi connectivity index (χ4v) is 3.78. The van der Waals surface area contributed by atoms with Crippen molar-refractivity contribution in [2.45, 2.75) is 16.5 Å². The lowest BCUT2D eigenvalue weighted by molar-refractivity contribution is -0.119. The van der Waals surface area contributed by atoms with Crippen LogP contribution >= 0.6 is 39.0 Å². The van der Waals surface area contributed by atoms with Gasteiger partial charge in [0.2, 0.25) is 11.0 Å². The summed E-state index contributed by atoms with van der Waals surface area (Å²) in [7, 11) is 1.62. The second-order valence-corrected chi connectivity index (χ2v) is 7.36. The van der Waals surface area contributed by atoms with E-state index in [2.05, 4.69) is 36.8 Å². The molecule has 2 rings (SSSR count). The van der Waals surface area contributed by atoms with Gasteiger partial charge in [0.15, 0.2) is 4.34 Å². The summed E-state index contributed by atoms with van der Waals surface area (Å²) in [5.41, 5.74) is 0.937. The first-order valence-electron chi connectivity index (χ1n) is 5.83. The molecule has 0 radical (unpaired) electrons. The van der Waals surface area contributed by atoms with Crippen molar-refractivity contribution in [3.63, 3.8) is 0 Å². The van der Waals surface area contributed by atoms with Gasteiger partial charge >= 0.3 is 0 Å². The van der Waals surface area contributed by atoms with Crippen LogP contribution in [0.2, 0.25) is 0 Å². The molecule has 2 N–H and O–H groups in total. The van der Waals surface area contributed by atoms with Gasteiger partial charge in [-0.3, -0.25) is 4.79 Å². The van der Waals surface area contributed by atoms with E-state index in [0.717, 1.165) is 14.5 Å². The molecule has 8 heteroatoms. The minimum atomic E-state index is -0.188. The molecule has 1 atom stereocenters. The third-order valence-electron chi connectivity index (χ3n) is 2.38. The monoisotopic (exact) mass is 372 g/mol. The van der Waals surface area contributed by atoms with E-state index in [-0.39, 0.29) is 11.2 Å². The molecule has 0 fully saturated rings. The number of rotatable bonds is 5. The third kappa shape index (κ3) is 4.19. The number of thioether (sulfide) groups is 1. The summed E-state index contributed by atoms with van der Waals surface area (Å²) in [6.07, 6.45) is 0. The molecule has 0 aliphatic rings. The van der Waals surface area contributed by atoms with Crippen molar-refractivity contribution >= 4 is 55.8 Å². The second-order valence-electron chi connectivity index (χ2n) is 3.88. The van der Waals surface area contributed by atoms with Gasteiger partial charge in [0.05, 0.1) is 5.25 Å². The van der Waals surface area contributed by atoms with Gasteiger partial charge in [0.25, 0.3) is 0 Å². The second kappa shape index (κ2) is 7.05. The van der Waals surface area contributed by atoms with E-state index in [1.807, 2.05) is 31.2 Å². The van der Waals surface area contributed by atoms with Gasteiger partial charge in [-0.25, -0.2) is 0 Å². The number of amides is 1. The Bertz CT molecular complexity index is 605. The van der Waals surface area contributed by atoms with Crippen molar-refractivity contribution in [1.29, 1.82) is 0 Å². The molecule has 2 aromatic rings. The van der Waals surface area contributed by atoms with Crippen LogP contribution < -0.4 is 10.6 Å². The summed E-state index contributed by atoms with van der Waals surface area (Å²) >= 11 is 6.23. The highest BCUT2D eigenvalue weighted by molar-refractivity contribution is 9.10. The molecule has 106 valence electrons. The third-order valence-corrected chi connectivity index (χ3v) is 4.89.